The number of ether oxygens (including phenoxy) is 3. The summed E-state index contributed by atoms with van der Waals surface area (Å²) in [4.78, 5) is 38.7. The van der Waals surface area contributed by atoms with Crippen LogP contribution in [0.4, 0.5) is 19.0 Å². The number of piperazine rings is 1. The van der Waals surface area contributed by atoms with Crippen LogP contribution >= 0.6 is 0 Å². The standard InChI is InChI=1S/C25H27F3N6O5/c1-32-4-6-33(7-5-32)22(35)13-30-23-24(36)34(8-9-37-14-25(26,27)28)19-11-17(29-12-18(19)31-23)16-2-3-20-21(10-16)39-15-38-20/h2-3,10-12H,4-9,13-15H2,1H3,(H,30,31). The Labute approximate surface area is 221 Å². The molecule has 11 nitrogen and oxygen atoms in total. The fraction of sp³-hybridized carbons (Fsp3) is 0.440. The van der Waals surface area contributed by atoms with Gasteiger partial charge in [-0.2, -0.15) is 13.2 Å². The van der Waals surface area contributed by atoms with Crippen LogP contribution in [0.25, 0.3) is 22.3 Å². The summed E-state index contributed by atoms with van der Waals surface area (Å²) < 4.78 is 54.6. The maximum Gasteiger partial charge on any atom is 0.411 e. The van der Waals surface area contributed by atoms with E-state index in [4.69, 9.17) is 14.2 Å². The van der Waals surface area contributed by atoms with Gasteiger partial charge in [-0.05, 0) is 31.3 Å². The molecule has 0 spiro atoms. The van der Waals surface area contributed by atoms with Crippen molar-refractivity contribution < 1.29 is 32.2 Å². The first-order valence-electron chi connectivity index (χ1n) is 12.3. The molecule has 1 aromatic carbocycles. The molecule has 4 heterocycles. The highest BCUT2D eigenvalue weighted by molar-refractivity contribution is 5.83. The normalized spacial score (nSPS) is 15.6. The van der Waals surface area contributed by atoms with Gasteiger partial charge < -0.3 is 33.9 Å². The van der Waals surface area contributed by atoms with Crippen molar-refractivity contribution in [3.05, 3.63) is 40.8 Å². The van der Waals surface area contributed by atoms with Crippen molar-refractivity contribution >= 4 is 22.8 Å². The topological polar surface area (TPSA) is 111 Å². The second kappa shape index (κ2) is 11.1. The van der Waals surface area contributed by atoms with Crippen LogP contribution in [0.15, 0.2) is 35.3 Å². The van der Waals surface area contributed by atoms with Crippen LogP contribution in [0.5, 0.6) is 11.5 Å². The molecule has 0 bridgehead atoms. The average molecular weight is 549 g/mol. The molecular weight excluding hydrogens is 521 g/mol. The molecule has 1 amide bonds. The Morgan fingerprint density at radius 1 is 1.13 bits per heavy atom. The molecular formula is C25H27F3N6O5. The number of hydrogen-bond acceptors (Lipinski definition) is 9. The van der Waals surface area contributed by atoms with E-state index in [9.17, 15) is 22.8 Å². The molecule has 0 saturated carbocycles. The lowest BCUT2D eigenvalue weighted by Gasteiger charge is -2.32. The van der Waals surface area contributed by atoms with Crippen LogP contribution in [0.3, 0.4) is 0 Å². The number of nitrogens with one attached hydrogen (secondary N) is 1. The molecule has 2 aromatic heterocycles. The summed E-state index contributed by atoms with van der Waals surface area (Å²) in [7, 11) is 1.98. The molecule has 5 rings (SSSR count). The van der Waals surface area contributed by atoms with Crippen molar-refractivity contribution in [2.24, 2.45) is 0 Å². The van der Waals surface area contributed by atoms with E-state index in [1.807, 2.05) is 7.05 Å². The molecule has 2 aliphatic rings. The second-order valence-corrected chi connectivity index (χ2v) is 9.25. The minimum atomic E-state index is -4.49. The first kappa shape index (κ1) is 26.7. The van der Waals surface area contributed by atoms with E-state index in [1.54, 1.807) is 29.2 Å². The average Bonchev–Trinajstić information content (AvgIpc) is 3.38. The van der Waals surface area contributed by atoms with E-state index in [-0.39, 0.29) is 38.2 Å². The van der Waals surface area contributed by atoms with Crippen LogP contribution in [0.1, 0.15) is 0 Å². The molecule has 39 heavy (non-hydrogen) atoms. The number of fused-ring (bicyclic) bond motifs is 2. The Hall–Kier alpha value is -3.91. The smallest absolute Gasteiger partial charge is 0.411 e. The first-order chi connectivity index (χ1) is 18.7. The Balaban J connectivity index is 1.42. The summed E-state index contributed by atoms with van der Waals surface area (Å²) in [6.45, 7) is 0.664. The van der Waals surface area contributed by atoms with Crippen molar-refractivity contribution in [3.63, 3.8) is 0 Å². The van der Waals surface area contributed by atoms with Gasteiger partial charge in [-0.1, -0.05) is 0 Å². The van der Waals surface area contributed by atoms with Crippen molar-refractivity contribution in [2.75, 3.05) is 65.1 Å². The van der Waals surface area contributed by atoms with Gasteiger partial charge in [-0.25, -0.2) is 4.98 Å². The third-order valence-corrected chi connectivity index (χ3v) is 6.49. The van der Waals surface area contributed by atoms with Crippen LogP contribution in [-0.4, -0.2) is 96.2 Å². The number of halogens is 3. The van der Waals surface area contributed by atoms with E-state index in [0.717, 1.165) is 13.1 Å². The van der Waals surface area contributed by atoms with Crippen molar-refractivity contribution in [1.82, 2.24) is 24.3 Å². The summed E-state index contributed by atoms with van der Waals surface area (Å²) in [6, 6.07) is 6.90. The number of amides is 1. The van der Waals surface area contributed by atoms with Crippen molar-refractivity contribution in [1.29, 1.82) is 0 Å². The number of anilines is 1. The van der Waals surface area contributed by atoms with Crippen LogP contribution in [0.2, 0.25) is 0 Å². The molecule has 1 N–H and O–H groups in total. The maximum atomic E-state index is 13.4. The third kappa shape index (κ3) is 6.23. The van der Waals surface area contributed by atoms with Crippen LogP contribution in [0, 0.1) is 0 Å². The predicted molar refractivity (Wildman–Crippen MR) is 135 cm³/mol. The number of carbonyl (C=O) groups excluding carboxylic acids is 1. The second-order valence-electron chi connectivity index (χ2n) is 9.25. The van der Waals surface area contributed by atoms with Crippen LogP contribution in [-0.2, 0) is 16.1 Å². The van der Waals surface area contributed by atoms with Gasteiger partial charge in [0.05, 0.1) is 30.6 Å². The van der Waals surface area contributed by atoms with E-state index < -0.39 is 18.3 Å². The molecule has 14 heteroatoms. The lowest BCUT2D eigenvalue weighted by molar-refractivity contribution is -0.174. The number of hydrogen-bond donors (Lipinski definition) is 1. The van der Waals surface area contributed by atoms with E-state index in [2.05, 4.69) is 20.2 Å². The quantitative estimate of drug-likeness (QED) is 0.423. The summed E-state index contributed by atoms with van der Waals surface area (Å²) >= 11 is 0. The molecule has 2 aliphatic heterocycles. The van der Waals surface area contributed by atoms with Gasteiger partial charge in [0.1, 0.15) is 12.1 Å². The summed E-state index contributed by atoms with van der Waals surface area (Å²) in [6.07, 6.45) is -3.02. The molecule has 208 valence electrons. The number of pyridine rings is 1. The molecule has 3 aromatic rings. The molecule has 0 atom stereocenters. The van der Waals surface area contributed by atoms with E-state index >= 15 is 0 Å². The Kier molecular flexibility index (Phi) is 7.57. The number of likely N-dealkylation sites (N-methyl/N-ethyl adjacent to an activating group) is 1. The largest absolute Gasteiger partial charge is 0.454 e. The predicted octanol–water partition coefficient (Wildman–Crippen LogP) is 1.95. The Bertz CT molecular complexity index is 1420. The minimum Gasteiger partial charge on any atom is -0.454 e. The van der Waals surface area contributed by atoms with Gasteiger partial charge in [0, 0.05) is 38.3 Å². The maximum absolute atomic E-state index is 13.4. The molecule has 0 unspecified atom stereocenters. The zero-order chi connectivity index (χ0) is 27.6. The van der Waals surface area contributed by atoms with Gasteiger partial charge in [0.15, 0.2) is 17.3 Å². The first-order valence-corrected chi connectivity index (χ1v) is 12.3. The van der Waals surface area contributed by atoms with Gasteiger partial charge in [0.2, 0.25) is 12.7 Å². The summed E-state index contributed by atoms with van der Waals surface area (Å²) in [5.74, 6) is 0.871. The molecule has 0 radical (unpaired) electrons. The highest BCUT2D eigenvalue weighted by Crippen LogP contribution is 2.35. The highest BCUT2D eigenvalue weighted by atomic mass is 19.4. The highest BCUT2D eigenvalue weighted by Gasteiger charge is 2.27. The van der Waals surface area contributed by atoms with Gasteiger partial charge in [0.25, 0.3) is 5.56 Å². The number of aromatic nitrogens is 3. The van der Waals surface area contributed by atoms with Crippen LogP contribution < -0.4 is 20.3 Å². The number of benzene rings is 1. The zero-order valence-electron chi connectivity index (χ0n) is 21.2. The van der Waals surface area contributed by atoms with Gasteiger partial charge in [-0.3, -0.25) is 14.6 Å². The fourth-order valence-corrected chi connectivity index (χ4v) is 4.37. The monoisotopic (exact) mass is 548 g/mol. The lowest BCUT2D eigenvalue weighted by Crippen LogP contribution is -2.49. The van der Waals surface area contributed by atoms with E-state index in [0.29, 0.717) is 46.9 Å². The number of rotatable bonds is 8. The van der Waals surface area contributed by atoms with Crippen molar-refractivity contribution in [2.45, 2.75) is 12.7 Å². The minimum absolute atomic E-state index is 0.0987. The van der Waals surface area contributed by atoms with E-state index in [1.165, 1.54) is 10.8 Å². The number of alkyl halides is 3. The molecule has 1 saturated heterocycles. The summed E-state index contributed by atoms with van der Waals surface area (Å²) in [5.41, 5.74) is 1.28. The van der Waals surface area contributed by atoms with Gasteiger partial charge >= 0.3 is 6.18 Å². The Morgan fingerprint density at radius 3 is 2.67 bits per heavy atom. The molecule has 0 aliphatic carbocycles. The zero-order valence-corrected chi connectivity index (χ0v) is 21.2. The lowest BCUT2D eigenvalue weighted by atomic mass is 10.1. The number of nitrogens with zero attached hydrogens (tertiary/aromatic N) is 5. The fourth-order valence-electron chi connectivity index (χ4n) is 4.37. The SMILES string of the molecule is CN1CCN(C(=O)CNc2nc3cnc(-c4ccc5c(c4)OCO5)cc3n(CCOCC(F)(F)F)c2=O)CC1. The number of carbonyl (C=O) groups is 1. The molecule has 1 fully saturated rings. The third-order valence-electron chi connectivity index (χ3n) is 6.49. The van der Waals surface area contributed by atoms with Crippen molar-refractivity contribution in [3.8, 4) is 22.8 Å². The van der Waals surface area contributed by atoms with Gasteiger partial charge in [-0.15, -0.1) is 0 Å². The Morgan fingerprint density at radius 2 is 1.90 bits per heavy atom. The summed E-state index contributed by atoms with van der Waals surface area (Å²) in [5, 5.41) is 2.81.